The Kier molecular flexibility index (Phi) is 6.01. The summed E-state index contributed by atoms with van der Waals surface area (Å²) in [5.41, 5.74) is 0.838. The summed E-state index contributed by atoms with van der Waals surface area (Å²) in [5.74, 6) is -1.12. The highest BCUT2D eigenvalue weighted by molar-refractivity contribution is 5.96. The van der Waals surface area contributed by atoms with Gasteiger partial charge < -0.3 is 10.1 Å². The maximum absolute atomic E-state index is 13.0. The molecule has 150 valence electrons. The molecule has 0 radical (unpaired) electrons. The average molecular weight is 394 g/mol. The topological polar surface area (TPSA) is 103 Å². The summed E-state index contributed by atoms with van der Waals surface area (Å²) >= 11 is 0. The van der Waals surface area contributed by atoms with Crippen molar-refractivity contribution in [3.8, 4) is 0 Å². The number of carbonyl (C=O) groups excluding carboxylic acids is 2. The van der Waals surface area contributed by atoms with Gasteiger partial charge in [-0.25, -0.2) is 4.79 Å². The van der Waals surface area contributed by atoms with Gasteiger partial charge in [0, 0.05) is 5.69 Å². The molecule has 0 unspecified atom stereocenters. The fraction of sp³-hybridized carbons (Fsp3) is 0.286. The molecule has 0 aliphatic rings. The molecule has 1 amide bonds. The number of carbonyl (C=O) groups is 2. The highest BCUT2D eigenvalue weighted by Crippen LogP contribution is 2.20. The molecule has 2 aromatic carbocycles. The number of amides is 1. The monoisotopic (exact) mass is 394 g/mol. The minimum Gasteiger partial charge on any atom is -0.462 e. The first-order valence-corrected chi connectivity index (χ1v) is 9.34. The quantitative estimate of drug-likeness (QED) is 0.645. The molecule has 8 heteroatoms. The van der Waals surface area contributed by atoms with Gasteiger partial charge in [-0.1, -0.05) is 37.3 Å². The normalized spacial score (nSPS) is 12.0. The number of hydrogen-bond acceptors (Lipinski definition) is 6. The molecular weight excluding hydrogens is 372 g/mol. The van der Waals surface area contributed by atoms with E-state index in [-0.39, 0.29) is 18.1 Å². The Morgan fingerprint density at radius 1 is 1.14 bits per heavy atom. The molecule has 0 aliphatic heterocycles. The van der Waals surface area contributed by atoms with E-state index in [1.165, 1.54) is 6.07 Å². The van der Waals surface area contributed by atoms with E-state index in [1.54, 1.807) is 49.4 Å². The first-order chi connectivity index (χ1) is 13.9. The molecule has 0 aliphatic carbocycles. The maximum atomic E-state index is 13.0. The van der Waals surface area contributed by atoms with Crippen LogP contribution in [0, 0.1) is 5.92 Å². The second-order valence-corrected chi connectivity index (χ2v) is 6.84. The molecule has 3 aromatic rings. The first kappa shape index (κ1) is 20.2. The molecule has 0 saturated carbocycles. The van der Waals surface area contributed by atoms with Gasteiger partial charge in [0.2, 0.25) is 5.91 Å². The zero-order chi connectivity index (χ0) is 21.0. The number of nitrogens with zero attached hydrogens (tertiary/aromatic N) is 3. The molecule has 0 fully saturated rings. The third-order valence-electron chi connectivity index (χ3n) is 4.40. The van der Waals surface area contributed by atoms with E-state index >= 15 is 0 Å². The molecule has 0 bridgehead atoms. The lowest BCUT2D eigenvalue weighted by Crippen LogP contribution is -2.38. The minimum atomic E-state index is -0.870. The summed E-state index contributed by atoms with van der Waals surface area (Å²) in [6, 6.07) is 12.4. The molecule has 1 aromatic heterocycles. The lowest BCUT2D eigenvalue weighted by Gasteiger charge is -2.21. The van der Waals surface area contributed by atoms with Gasteiger partial charge in [-0.3, -0.25) is 9.59 Å². The fourth-order valence-electron chi connectivity index (χ4n) is 3.03. The largest absolute Gasteiger partial charge is 0.462 e. The van der Waals surface area contributed by atoms with Crippen molar-refractivity contribution >= 4 is 28.5 Å². The van der Waals surface area contributed by atoms with E-state index in [0.29, 0.717) is 22.2 Å². The molecule has 1 atom stereocenters. The number of anilines is 1. The van der Waals surface area contributed by atoms with Crippen LogP contribution in [0.2, 0.25) is 0 Å². The zero-order valence-corrected chi connectivity index (χ0v) is 16.5. The predicted molar refractivity (Wildman–Crippen MR) is 109 cm³/mol. The average Bonchev–Trinajstić information content (AvgIpc) is 2.70. The van der Waals surface area contributed by atoms with Crippen LogP contribution in [0.1, 0.15) is 37.2 Å². The van der Waals surface area contributed by atoms with E-state index in [1.807, 2.05) is 13.8 Å². The first-order valence-electron chi connectivity index (χ1n) is 9.34. The van der Waals surface area contributed by atoms with Crippen molar-refractivity contribution in [2.24, 2.45) is 5.92 Å². The van der Waals surface area contributed by atoms with Crippen molar-refractivity contribution in [3.63, 3.8) is 0 Å². The molecule has 3 rings (SSSR count). The summed E-state index contributed by atoms with van der Waals surface area (Å²) in [4.78, 5) is 37.8. The summed E-state index contributed by atoms with van der Waals surface area (Å²) in [6.07, 6.45) is 0. The van der Waals surface area contributed by atoms with Crippen LogP contribution in [0.4, 0.5) is 5.69 Å². The van der Waals surface area contributed by atoms with Gasteiger partial charge in [-0.15, -0.1) is 5.10 Å². The van der Waals surface area contributed by atoms with Crippen LogP contribution in [-0.4, -0.2) is 33.5 Å². The molecule has 1 heterocycles. The number of aromatic nitrogens is 3. The van der Waals surface area contributed by atoms with Crippen LogP contribution in [-0.2, 0) is 9.53 Å². The lowest BCUT2D eigenvalue weighted by molar-refractivity contribution is -0.120. The van der Waals surface area contributed by atoms with Gasteiger partial charge in [0.25, 0.3) is 5.56 Å². The maximum Gasteiger partial charge on any atom is 0.338 e. The van der Waals surface area contributed by atoms with E-state index in [2.05, 4.69) is 15.6 Å². The van der Waals surface area contributed by atoms with Gasteiger partial charge >= 0.3 is 5.97 Å². The van der Waals surface area contributed by atoms with Crippen molar-refractivity contribution in [1.29, 1.82) is 0 Å². The van der Waals surface area contributed by atoms with Gasteiger partial charge in [0.05, 0.1) is 17.6 Å². The third-order valence-corrected chi connectivity index (χ3v) is 4.40. The van der Waals surface area contributed by atoms with Crippen LogP contribution in [0.5, 0.6) is 0 Å². The highest BCUT2D eigenvalue weighted by atomic mass is 16.5. The van der Waals surface area contributed by atoms with Gasteiger partial charge in [0.15, 0.2) is 0 Å². The summed E-state index contributed by atoms with van der Waals surface area (Å²) in [5, 5.41) is 11.2. The second-order valence-electron chi connectivity index (χ2n) is 6.84. The number of esters is 1. The highest BCUT2D eigenvalue weighted by Gasteiger charge is 2.27. The number of nitrogens with one attached hydrogen (secondary N) is 1. The van der Waals surface area contributed by atoms with Gasteiger partial charge in [-0.05, 0) is 43.2 Å². The molecule has 0 spiro atoms. The zero-order valence-electron chi connectivity index (χ0n) is 16.5. The molecule has 29 heavy (non-hydrogen) atoms. The molecular formula is C21H22N4O4. The number of ether oxygens (including phenoxy) is 1. The Morgan fingerprint density at radius 3 is 2.62 bits per heavy atom. The summed E-state index contributed by atoms with van der Waals surface area (Å²) in [6.45, 7) is 5.62. The summed E-state index contributed by atoms with van der Waals surface area (Å²) < 4.78 is 6.09. The van der Waals surface area contributed by atoms with E-state index in [9.17, 15) is 14.4 Å². The van der Waals surface area contributed by atoms with Gasteiger partial charge in [0.1, 0.15) is 11.6 Å². The van der Waals surface area contributed by atoms with Crippen molar-refractivity contribution in [3.05, 3.63) is 64.4 Å². The second kappa shape index (κ2) is 8.64. The Hall–Kier alpha value is -3.55. The third kappa shape index (κ3) is 4.31. The Morgan fingerprint density at radius 2 is 1.90 bits per heavy atom. The van der Waals surface area contributed by atoms with Crippen LogP contribution >= 0.6 is 0 Å². The Balaban J connectivity index is 1.92. The van der Waals surface area contributed by atoms with Crippen molar-refractivity contribution in [2.45, 2.75) is 26.8 Å². The standard InChI is InChI=1S/C21H22N4O4/c1-4-29-21(28)14-8-7-9-15(12-14)22-19(26)18(13(2)3)25-20(27)16-10-5-6-11-17(16)23-24-25/h5-13,18H,4H2,1-3H3,(H,22,26)/t18-/m0/s1. The smallest absolute Gasteiger partial charge is 0.338 e. The number of benzene rings is 2. The van der Waals surface area contributed by atoms with E-state index < -0.39 is 17.9 Å². The Labute approximate surface area is 167 Å². The van der Waals surface area contributed by atoms with Crippen LogP contribution in [0.25, 0.3) is 10.9 Å². The van der Waals surface area contributed by atoms with Crippen LogP contribution in [0.3, 0.4) is 0 Å². The van der Waals surface area contributed by atoms with Crippen LogP contribution in [0.15, 0.2) is 53.3 Å². The lowest BCUT2D eigenvalue weighted by atomic mass is 10.0. The molecule has 0 saturated heterocycles. The number of hydrogen-bond donors (Lipinski definition) is 1. The van der Waals surface area contributed by atoms with Gasteiger partial charge in [-0.2, -0.15) is 4.68 Å². The van der Waals surface area contributed by atoms with Crippen molar-refractivity contribution < 1.29 is 14.3 Å². The van der Waals surface area contributed by atoms with E-state index in [0.717, 1.165) is 4.68 Å². The summed E-state index contributed by atoms with van der Waals surface area (Å²) in [7, 11) is 0. The predicted octanol–water partition coefficient (Wildman–Crippen LogP) is 2.80. The number of rotatable bonds is 6. The van der Waals surface area contributed by atoms with Crippen molar-refractivity contribution in [1.82, 2.24) is 15.0 Å². The minimum absolute atomic E-state index is 0.226. The van der Waals surface area contributed by atoms with Crippen LogP contribution < -0.4 is 10.9 Å². The van der Waals surface area contributed by atoms with Crippen molar-refractivity contribution in [2.75, 3.05) is 11.9 Å². The van der Waals surface area contributed by atoms with E-state index in [4.69, 9.17) is 4.74 Å². The number of fused-ring (bicyclic) bond motifs is 1. The molecule has 8 nitrogen and oxygen atoms in total. The Bertz CT molecular complexity index is 1110. The fourth-order valence-corrected chi connectivity index (χ4v) is 3.03. The molecule has 1 N–H and O–H groups in total. The SMILES string of the molecule is CCOC(=O)c1cccc(NC(=O)[C@H](C(C)C)n2nnc3ccccc3c2=O)c1.